The molecule has 3 heteroatoms. The van der Waals surface area contributed by atoms with Crippen molar-refractivity contribution < 1.29 is 0 Å². The zero-order valence-electron chi connectivity index (χ0n) is 12.5. The van der Waals surface area contributed by atoms with Gasteiger partial charge in [-0.15, -0.1) is 11.8 Å². The van der Waals surface area contributed by atoms with Gasteiger partial charge in [0.1, 0.15) is 0 Å². The Bertz CT molecular complexity index is 597. The minimum Gasteiger partial charge on any atom is -0.306 e. The molecule has 0 heterocycles. The molecule has 2 aromatic rings. The molecule has 0 spiro atoms. The highest BCUT2D eigenvalue weighted by Gasteiger charge is 2.05. The Balaban J connectivity index is 1.91. The third-order valence-electron chi connectivity index (χ3n) is 3.39. The second kappa shape index (κ2) is 7.87. The topological polar surface area (TPSA) is 35.8 Å². The molecular weight excluding hydrogens is 276 g/mol. The monoisotopic (exact) mass is 296 g/mol. The Morgan fingerprint density at radius 2 is 1.76 bits per heavy atom. The standard InChI is InChI=1S/C18H20N2S/c1-3-21-18-10-8-17(9-11-18)14(2)20-13-16-6-4-15(12-19)5-7-16/h4-11,14,20H,3,13H2,1-2H3. The van der Waals surface area contributed by atoms with Crippen molar-refractivity contribution in [2.45, 2.75) is 31.3 Å². The van der Waals surface area contributed by atoms with Crippen molar-refractivity contribution in [3.05, 3.63) is 65.2 Å². The highest BCUT2D eigenvalue weighted by atomic mass is 32.2. The first-order chi connectivity index (χ1) is 10.2. The van der Waals surface area contributed by atoms with Gasteiger partial charge in [-0.3, -0.25) is 0 Å². The number of hydrogen-bond acceptors (Lipinski definition) is 3. The molecule has 1 atom stereocenters. The second-order valence-electron chi connectivity index (χ2n) is 4.91. The minimum absolute atomic E-state index is 0.307. The SMILES string of the molecule is CCSc1ccc(C(C)NCc2ccc(C#N)cc2)cc1. The number of benzene rings is 2. The van der Waals surface area contributed by atoms with Gasteiger partial charge in [-0.2, -0.15) is 5.26 Å². The number of nitrogens with one attached hydrogen (secondary N) is 1. The normalized spacial score (nSPS) is 11.9. The van der Waals surface area contributed by atoms with Gasteiger partial charge in [0.25, 0.3) is 0 Å². The quantitative estimate of drug-likeness (QED) is 0.796. The molecule has 0 saturated heterocycles. The van der Waals surface area contributed by atoms with E-state index in [4.69, 9.17) is 5.26 Å². The molecule has 108 valence electrons. The van der Waals surface area contributed by atoms with Gasteiger partial charge >= 0.3 is 0 Å². The van der Waals surface area contributed by atoms with Crippen molar-refractivity contribution >= 4 is 11.8 Å². The molecule has 1 unspecified atom stereocenters. The molecule has 0 aliphatic rings. The Morgan fingerprint density at radius 3 is 2.33 bits per heavy atom. The summed E-state index contributed by atoms with van der Waals surface area (Å²) in [6.45, 7) is 5.14. The van der Waals surface area contributed by atoms with Crippen molar-refractivity contribution in [3.63, 3.8) is 0 Å². The van der Waals surface area contributed by atoms with Crippen LogP contribution in [0, 0.1) is 11.3 Å². The molecule has 0 aliphatic heterocycles. The molecule has 0 amide bonds. The van der Waals surface area contributed by atoms with Gasteiger partial charge in [0.05, 0.1) is 11.6 Å². The van der Waals surface area contributed by atoms with Crippen molar-refractivity contribution in [1.82, 2.24) is 5.32 Å². The molecule has 0 fully saturated rings. The molecule has 2 nitrogen and oxygen atoms in total. The number of hydrogen-bond donors (Lipinski definition) is 1. The van der Waals surface area contributed by atoms with Crippen molar-refractivity contribution in [3.8, 4) is 6.07 Å². The maximum absolute atomic E-state index is 8.79. The van der Waals surface area contributed by atoms with Gasteiger partial charge in [-0.1, -0.05) is 31.2 Å². The zero-order chi connectivity index (χ0) is 15.1. The number of thioether (sulfide) groups is 1. The van der Waals surface area contributed by atoms with Crippen LogP contribution in [0.2, 0.25) is 0 Å². The lowest BCUT2D eigenvalue weighted by atomic mass is 10.1. The van der Waals surface area contributed by atoms with E-state index in [1.165, 1.54) is 16.0 Å². The average Bonchev–Trinajstić information content (AvgIpc) is 2.54. The van der Waals surface area contributed by atoms with E-state index in [1.807, 2.05) is 36.0 Å². The fourth-order valence-electron chi connectivity index (χ4n) is 2.11. The van der Waals surface area contributed by atoms with Gasteiger partial charge in [-0.25, -0.2) is 0 Å². The summed E-state index contributed by atoms with van der Waals surface area (Å²) < 4.78 is 0. The Labute approximate surface area is 131 Å². The summed E-state index contributed by atoms with van der Waals surface area (Å²) in [5, 5.41) is 12.3. The first-order valence-corrected chi connectivity index (χ1v) is 8.16. The van der Waals surface area contributed by atoms with Crippen LogP contribution in [-0.4, -0.2) is 5.75 Å². The van der Waals surface area contributed by atoms with Crippen LogP contribution in [0.3, 0.4) is 0 Å². The lowest BCUT2D eigenvalue weighted by Crippen LogP contribution is -2.17. The highest BCUT2D eigenvalue weighted by molar-refractivity contribution is 7.99. The van der Waals surface area contributed by atoms with Gasteiger partial charge in [0, 0.05) is 17.5 Å². The molecule has 1 N–H and O–H groups in total. The zero-order valence-corrected chi connectivity index (χ0v) is 13.3. The van der Waals surface area contributed by atoms with Crippen LogP contribution in [-0.2, 0) is 6.54 Å². The first kappa shape index (κ1) is 15.6. The predicted octanol–water partition coefficient (Wildman–Crippen LogP) is 4.52. The summed E-state index contributed by atoms with van der Waals surface area (Å²) in [4.78, 5) is 1.32. The molecular formula is C18H20N2S. The lowest BCUT2D eigenvalue weighted by molar-refractivity contribution is 0.574. The van der Waals surface area contributed by atoms with Crippen molar-refractivity contribution in [2.24, 2.45) is 0 Å². The van der Waals surface area contributed by atoms with Crippen molar-refractivity contribution in [1.29, 1.82) is 5.26 Å². The number of rotatable bonds is 6. The summed E-state index contributed by atoms with van der Waals surface area (Å²) in [6, 6.07) is 18.9. The van der Waals surface area contributed by atoms with E-state index in [9.17, 15) is 0 Å². The van der Waals surface area contributed by atoms with E-state index < -0.39 is 0 Å². The van der Waals surface area contributed by atoms with Crippen LogP contribution >= 0.6 is 11.8 Å². The van der Waals surface area contributed by atoms with Crippen LogP contribution < -0.4 is 5.32 Å². The van der Waals surface area contributed by atoms with Gasteiger partial charge in [-0.05, 0) is 48.1 Å². The summed E-state index contributed by atoms with van der Waals surface area (Å²) >= 11 is 1.86. The smallest absolute Gasteiger partial charge is 0.0991 e. The molecule has 2 aromatic carbocycles. The van der Waals surface area contributed by atoms with Crippen LogP contribution in [0.5, 0.6) is 0 Å². The fourth-order valence-corrected chi connectivity index (χ4v) is 2.77. The third-order valence-corrected chi connectivity index (χ3v) is 4.28. The maximum atomic E-state index is 8.79. The van der Waals surface area contributed by atoms with E-state index in [0.717, 1.165) is 12.3 Å². The molecule has 0 aliphatic carbocycles. The van der Waals surface area contributed by atoms with Gasteiger partial charge < -0.3 is 5.32 Å². The predicted molar refractivity (Wildman–Crippen MR) is 89.3 cm³/mol. The molecule has 2 rings (SSSR count). The molecule has 0 radical (unpaired) electrons. The number of nitriles is 1. The third kappa shape index (κ3) is 4.63. The molecule has 0 bridgehead atoms. The van der Waals surface area contributed by atoms with Crippen LogP contribution in [0.15, 0.2) is 53.4 Å². The summed E-state index contributed by atoms with van der Waals surface area (Å²) in [7, 11) is 0. The fraction of sp³-hybridized carbons (Fsp3) is 0.278. The summed E-state index contributed by atoms with van der Waals surface area (Å²) in [5.74, 6) is 1.10. The average molecular weight is 296 g/mol. The van der Waals surface area contributed by atoms with Gasteiger partial charge in [0.15, 0.2) is 0 Å². The lowest BCUT2D eigenvalue weighted by Gasteiger charge is -2.15. The van der Waals surface area contributed by atoms with Crippen LogP contribution in [0.4, 0.5) is 0 Å². The maximum Gasteiger partial charge on any atom is 0.0991 e. The van der Waals surface area contributed by atoms with Gasteiger partial charge in [0.2, 0.25) is 0 Å². The molecule has 0 aromatic heterocycles. The summed E-state index contributed by atoms with van der Waals surface area (Å²) in [6.07, 6.45) is 0. The highest BCUT2D eigenvalue weighted by Crippen LogP contribution is 2.21. The molecule has 21 heavy (non-hydrogen) atoms. The summed E-state index contributed by atoms with van der Waals surface area (Å²) in [5.41, 5.74) is 3.19. The van der Waals surface area contributed by atoms with E-state index in [-0.39, 0.29) is 0 Å². The molecule has 0 saturated carbocycles. The Morgan fingerprint density at radius 1 is 1.10 bits per heavy atom. The van der Waals surface area contributed by atoms with E-state index in [1.54, 1.807) is 0 Å². The van der Waals surface area contributed by atoms with Crippen LogP contribution in [0.25, 0.3) is 0 Å². The Hall–Kier alpha value is -1.76. The van der Waals surface area contributed by atoms with E-state index >= 15 is 0 Å². The number of nitrogens with zero attached hydrogens (tertiary/aromatic N) is 1. The van der Waals surface area contributed by atoms with Crippen molar-refractivity contribution in [2.75, 3.05) is 5.75 Å². The largest absolute Gasteiger partial charge is 0.306 e. The van der Waals surface area contributed by atoms with E-state index in [2.05, 4.69) is 49.5 Å². The minimum atomic E-state index is 0.307. The first-order valence-electron chi connectivity index (χ1n) is 7.18. The van der Waals surface area contributed by atoms with E-state index in [0.29, 0.717) is 11.6 Å². The second-order valence-corrected chi connectivity index (χ2v) is 6.25. The Kier molecular flexibility index (Phi) is 5.86. The van der Waals surface area contributed by atoms with Crippen LogP contribution in [0.1, 0.15) is 36.6 Å².